The second kappa shape index (κ2) is 6.83. The van der Waals surface area contributed by atoms with Gasteiger partial charge in [0.1, 0.15) is 0 Å². The van der Waals surface area contributed by atoms with Gasteiger partial charge in [0, 0.05) is 34.5 Å². The minimum Gasteiger partial charge on any atom is -0.387 e. The summed E-state index contributed by atoms with van der Waals surface area (Å²) in [5.74, 6) is 1.67. The van der Waals surface area contributed by atoms with Crippen LogP contribution in [0.5, 0.6) is 0 Å². The first-order valence-electron chi connectivity index (χ1n) is 6.87. The van der Waals surface area contributed by atoms with Crippen molar-refractivity contribution >= 4 is 29.1 Å². The molecule has 112 valence electrons. The van der Waals surface area contributed by atoms with Gasteiger partial charge in [0.05, 0.1) is 5.60 Å². The smallest absolute Gasteiger partial charge is 0.315 e. The topological polar surface area (TPSA) is 61.4 Å². The summed E-state index contributed by atoms with van der Waals surface area (Å²) in [6, 6.07) is 4.09. The van der Waals surface area contributed by atoms with Gasteiger partial charge in [-0.1, -0.05) is 0 Å². The highest BCUT2D eigenvalue weighted by molar-refractivity contribution is 7.99. The maximum absolute atomic E-state index is 11.8. The fourth-order valence-electron chi connectivity index (χ4n) is 2.20. The summed E-state index contributed by atoms with van der Waals surface area (Å²) >= 11 is 3.49. The van der Waals surface area contributed by atoms with Crippen molar-refractivity contribution in [2.75, 3.05) is 18.1 Å². The lowest BCUT2D eigenvalue weighted by atomic mass is 10.0. The Morgan fingerprint density at radius 3 is 2.95 bits per heavy atom. The maximum atomic E-state index is 11.8. The molecule has 6 heteroatoms. The zero-order chi connectivity index (χ0) is 14.6. The van der Waals surface area contributed by atoms with Gasteiger partial charge < -0.3 is 15.7 Å². The van der Waals surface area contributed by atoms with Crippen LogP contribution >= 0.6 is 23.1 Å². The Kier molecular flexibility index (Phi) is 5.35. The number of aryl methyl sites for hydroxylation is 1. The van der Waals surface area contributed by atoms with Crippen LogP contribution in [-0.4, -0.2) is 40.8 Å². The number of hydrogen-bond acceptors (Lipinski definition) is 4. The lowest BCUT2D eigenvalue weighted by Crippen LogP contribution is -2.48. The summed E-state index contributed by atoms with van der Waals surface area (Å²) in [4.78, 5) is 14.4. The van der Waals surface area contributed by atoms with Crippen molar-refractivity contribution in [2.24, 2.45) is 0 Å². The summed E-state index contributed by atoms with van der Waals surface area (Å²) in [7, 11) is 0. The monoisotopic (exact) mass is 314 g/mol. The molecule has 0 aromatic carbocycles. The predicted molar refractivity (Wildman–Crippen MR) is 85.6 cm³/mol. The van der Waals surface area contributed by atoms with Gasteiger partial charge >= 0.3 is 6.03 Å². The molecule has 2 heterocycles. The lowest BCUT2D eigenvalue weighted by molar-refractivity contribution is 0.0699. The van der Waals surface area contributed by atoms with Crippen LogP contribution in [0, 0.1) is 6.92 Å². The first-order valence-corrected chi connectivity index (χ1v) is 8.84. The second-order valence-electron chi connectivity index (χ2n) is 5.47. The molecule has 2 atom stereocenters. The van der Waals surface area contributed by atoms with E-state index in [1.807, 2.05) is 6.92 Å². The molecule has 2 rings (SSSR count). The first kappa shape index (κ1) is 15.7. The molecule has 1 aromatic heterocycles. The molecular weight excluding hydrogens is 292 g/mol. The summed E-state index contributed by atoms with van der Waals surface area (Å²) < 4.78 is 0. The molecule has 0 unspecified atom stereocenters. The SMILES string of the molecule is Cc1ccc(C[C@@H](C)NC(=O)NC[C@]2(O)CCSC2)s1. The van der Waals surface area contributed by atoms with Crippen LogP contribution in [0.4, 0.5) is 4.79 Å². The number of hydrogen-bond donors (Lipinski definition) is 3. The highest BCUT2D eigenvalue weighted by atomic mass is 32.2. The summed E-state index contributed by atoms with van der Waals surface area (Å²) in [5, 5.41) is 15.8. The number of carbonyl (C=O) groups is 1. The van der Waals surface area contributed by atoms with Crippen LogP contribution in [0.3, 0.4) is 0 Å². The molecule has 0 saturated carbocycles. The van der Waals surface area contributed by atoms with Crippen molar-refractivity contribution in [3.05, 3.63) is 21.9 Å². The van der Waals surface area contributed by atoms with Crippen molar-refractivity contribution < 1.29 is 9.90 Å². The number of rotatable bonds is 5. The molecule has 2 amide bonds. The van der Waals surface area contributed by atoms with E-state index in [0.29, 0.717) is 12.3 Å². The summed E-state index contributed by atoms with van der Waals surface area (Å²) in [6.45, 7) is 4.41. The Morgan fingerprint density at radius 2 is 2.35 bits per heavy atom. The summed E-state index contributed by atoms with van der Waals surface area (Å²) in [5.41, 5.74) is -0.726. The van der Waals surface area contributed by atoms with Gasteiger partial charge in [-0.3, -0.25) is 0 Å². The lowest BCUT2D eigenvalue weighted by Gasteiger charge is -2.22. The zero-order valence-electron chi connectivity index (χ0n) is 11.9. The van der Waals surface area contributed by atoms with Gasteiger partial charge in [-0.15, -0.1) is 11.3 Å². The van der Waals surface area contributed by atoms with Crippen LogP contribution in [0.1, 0.15) is 23.1 Å². The molecule has 4 nitrogen and oxygen atoms in total. The van der Waals surface area contributed by atoms with E-state index in [4.69, 9.17) is 0 Å². The van der Waals surface area contributed by atoms with Crippen LogP contribution in [-0.2, 0) is 6.42 Å². The molecule has 20 heavy (non-hydrogen) atoms. The molecular formula is C14H22N2O2S2. The van der Waals surface area contributed by atoms with E-state index in [0.717, 1.165) is 18.6 Å². The van der Waals surface area contributed by atoms with Crippen molar-refractivity contribution in [3.8, 4) is 0 Å². The minimum atomic E-state index is -0.726. The maximum Gasteiger partial charge on any atom is 0.315 e. The highest BCUT2D eigenvalue weighted by Gasteiger charge is 2.31. The van der Waals surface area contributed by atoms with Gasteiger partial charge in [-0.2, -0.15) is 11.8 Å². The van der Waals surface area contributed by atoms with Crippen LogP contribution in [0.25, 0.3) is 0 Å². The highest BCUT2D eigenvalue weighted by Crippen LogP contribution is 2.26. The van der Waals surface area contributed by atoms with Crippen LogP contribution < -0.4 is 10.6 Å². The quantitative estimate of drug-likeness (QED) is 0.780. The average molecular weight is 314 g/mol. The zero-order valence-corrected chi connectivity index (χ0v) is 13.6. The van der Waals surface area contributed by atoms with Crippen molar-refractivity contribution in [1.29, 1.82) is 0 Å². The molecule has 1 aromatic rings. The molecule has 1 aliphatic heterocycles. The molecule has 1 fully saturated rings. The Balaban J connectivity index is 1.71. The summed E-state index contributed by atoms with van der Waals surface area (Å²) in [6.07, 6.45) is 1.59. The molecule has 3 N–H and O–H groups in total. The van der Waals surface area contributed by atoms with Gasteiger partial charge in [0.2, 0.25) is 0 Å². The van der Waals surface area contributed by atoms with E-state index in [2.05, 4.69) is 29.7 Å². The standard InChI is InChI=1S/C14H22N2O2S2/c1-10(7-12-4-3-11(2)20-12)16-13(17)15-8-14(18)5-6-19-9-14/h3-4,10,18H,5-9H2,1-2H3,(H2,15,16,17)/t10-,14-/m1/s1. The third-order valence-corrected chi connectivity index (χ3v) is 5.60. The van der Waals surface area contributed by atoms with Crippen LogP contribution in [0.2, 0.25) is 0 Å². The number of thioether (sulfide) groups is 1. The van der Waals surface area contributed by atoms with E-state index in [1.54, 1.807) is 23.1 Å². The Morgan fingerprint density at radius 1 is 1.55 bits per heavy atom. The van der Waals surface area contributed by atoms with E-state index in [1.165, 1.54) is 9.75 Å². The largest absolute Gasteiger partial charge is 0.387 e. The molecule has 0 spiro atoms. The molecule has 0 aliphatic carbocycles. The predicted octanol–water partition coefficient (Wildman–Crippen LogP) is 2.15. The molecule has 1 aliphatic rings. The molecule has 0 bridgehead atoms. The Hall–Kier alpha value is -0.720. The van der Waals surface area contributed by atoms with E-state index < -0.39 is 5.60 Å². The Bertz CT molecular complexity index is 456. The first-order chi connectivity index (χ1) is 9.47. The van der Waals surface area contributed by atoms with Gasteiger partial charge in [0.25, 0.3) is 0 Å². The number of amides is 2. The number of carbonyl (C=O) groups excluding carboxylic acids is 1. The third-order valence-electron chi connectivity index (χ3n) is 3.34. The van der Waals surface area contributed by atoms with Crippen molar-refractivity contribution in [3.63, 3.8) is 0 Å². The number of nitrogens with one attached hydrogen (secondary N) is 2. The molecule has 0 radical (unpaired) electrons. The number of thiophene rings is 1. The van der Waals surface area contributed by atoms with E-state index in [-0.39, 0.29) is 12.1 Å². The van der Waals surface area contributed by atoms with Gasteiger partial charge in [-0.25, -0.2) is 4.79 Å². The van der Waals surface area contributed by atoms with Crippen molar-refractivity contribution in [2.45, 2.75) is 38.3 Å². The van der Waals surface area contributed by atoms with Crippen molar-refractivity contribution in [1.82, 2.24) is 10.6 Å². The average Bonchev–Trinajstić information content (AvgIpc) is 2.97. The molecule has 1 saturated heterocycles. The number of urea groups is 1. The Labute approximate surface area is 128 Å². The van der Waals surface area contributed by atoms with Crippen LogP contribution in [0.15, 0.2) is 12.1 Å². The van der Waals surface area contributed by atoms with Gasteiger partial charge in [-0.05, 0) is 38.2 Å². The minimum absolute atomic E-state index is 0.0839. The number of aliphatic hydroxyl groups is 1. The third kappa shape index (κ3) is 4.68. The van der Waals surface area contributed by atoms with Gasteiger partial charge in [0.15, 0.2) is 0 Å². The van der Waals surface area contributed by atoms with E-state index in [9.17, 15) is 9.90 Å². The fourth-order valence-corrected chi connectivity index (χ4v) is 4.52. The normalized spacial score (nSPS) is 23.6. The van der Waals surface area contributed by atoms with E-state index >= 15 is 0 Å². The second-order valence-corrected chi connectivity index (χ2v) is 7.95. The fraction of sp³-hybridized carbons (Fsp3) is 0.643.